The molecule has 0 spiro atoms. The van der Waals surface area contributed by atoms with Crippen LogP contribution in [0.3, 0.4) is 0 Å². The van der Waals surface area contributed by atoms with Crippen molar-refractivity contribution in [2.45, 2.75) is 81.8 Å². The largest absolute Gasteiger partial charge is 0.352 e. The van der Waals surface area contributed by atoms with Crippen LogP contribution >= 0.6 is 11.8 Å². The molecule has 5 nitrogen and oxygen atoms in total. The van der Waals surface area contributed by atoms with Gasteiger partial charge in [0, 0.05) is 12.1 Å². The van der Waals surface area contributed by atoms with Crippen LogP contribution in [0.4, 0.5) is 0 Å². The highest BCUT2D eigenvalue weighted by atomic mass is 32.2. The van der Waals surface area contributed by atoms with Crippen molar-refractivity contribution in [3.05, 3.63) is 34.6 Å². The van der Waals surface area contributed by atoms with Gasteiger partial charge in [0.15, 0.2) is 5.16 Å². The van der Waals surface area contributed by atoms with E-state index in [1.54, 1.807) is 4.57 Å². The molecule has 1 aromatic carbocycles. The Bertz CT molecular complexity index is 858. The molecular formula is C21H29N3O2S. The van der Waals surface area contributed by atoms with Gasteiger partial charge >= 0.3 is 0 Å². The van der Waals surface area contributed by atoms with E-state index >= 15 is 0 Å². The lowest BCUT2D eigenvalue weighted by molar-refractivity contribution is -0.121. The van der Waals surface area contributed by atoms with E-state index in [4.69, 9.17) is 4.98 Å². The van der Waals surface area contributed by atoms with Crippen molar-refractivity contribution in [1.82, 2.24) is 14.9 Å². The highest BCUT2D eigenvalue weighted by Gasteiger charge is 2.23. The second-order valence-corrected chi connectivity index (χ2v) is 8.76. The van der Waals surface area contributed by atoms with Gasteiger partial charge in [0.25, 0.3) is 5.56 Å². The normalized spacial score (nSPS) is 17.6. The van der Waals surface area contributed by atoms with Gasteiger partial charge in [-0.25, -0.2) is 4.98 Å². The molecule has 27 heavy (non-hydrogen) atoms. The van der Waals surface area contributed by atoms with E-state index in [-0.39, 0.29) is 28.8 Å². The third-order valence-corrected chi connectivity index (χ3v) is 6.48. The SMILES string of the molecule is CC[C@@H](C)n1c(S[C@@H](C)C(=O)NC2CCCCC2)nc2ccccc2c1=O. The summed E-state index contributed by atoms with van der Waals surface area (Å²) in [6.45, 7) is 5.97. The van der Waals surface area contributed by atoms with Gasteiger partial charge in [0.05, 0.1) is 16.2 Å². The zero-order valence-electron chi connectivity index (χ0n) is 16.4. The quantitative estimate of drug-likeness (QED) is 0.593. The van der Waals surface area contributed by atoms with Crippen LogP contribution in [0, 0.1) is 0 Å². The molecule has 0 unspecified atom stereocenters. The Morgan fingerprint density at radius 2 is 1.96 bits per heavy atom. The van der Waals surface area contributed by atoms with Crippen molar-refractivity contribution in [3.63, 3.8) is 0 Å². The van der Waals surface area contributed by atoms with Crippen LogP contribution in [0.15, 0.2) is 34.2 Å². The first-order valence-corrected chi connectivity index (χ1v) is 10.9. The Labute approximate surface area is 164 Å². The monoisotopic (exact) mass is 387 g/mol. The van der Waals surface area contributed by atoms with Crippen molar-refractivity contribution in [3.8, 4) is 0 Å². The van der Waals surface area contributed by atoms with E-state index < -0.39 is 0 Å². The lowest BCUT2D eigenvalue weighted by atomic mass is 9.95. The number of thioether (sulfide) groups is 1. The average Bonchev–Trinajstić information content (AvgIpc) is 2.68. The topological polar surface area (TPSA) is 64.0 Å². The maximum Gasteiger partial charge on any atom is 0.262 e. The van der Waals surface area contributed by atoms with Gasteiger partial charge in [-0.3, -0.25) is 14.2 Å². The van der Waals surface area contributed by atoms with E-state index in [1.165, 1.54) is 31.0 Å². The lowest BCUT2D eigenvalue weighted by Gasteiger charge is -2.25. The Morgan fingerprint density at radius 1 is 1.26 bits per heavy atom. The summed E-state index contributed by atoms with van der Waals surface area (Å²) in [5.41, 5.74) is 0.654. The second kappa shape index (κ2) is 8.91. The van der Waals surface area contributed by atoms with Crippen LogP contribution in [0.25, 0.3) is 10.9 Å². The highest BCUT2D eigenvalue weighted by molar-refractivity contribution is 8.00. The first-order valence-electron chi connectivity index (χ1n) is 9.99. The molecule has 2 atom stereocenters. The number of hydrogen-bond donors (Lipinski definition) is 1. The molecule has 1 N–H and O–H groups in total. The number of carbonyl (C=O) groups excluding carboxylic acids is 1. The van der Waals surface area contributed by atoms with Crippen LogP contribution < -0.4 is 10.9 Å². The summed E-state index contributed by atoms with van der Waals surface area (Å²) in [7, 11) is 0. The number of nitrogens with zero attached hydrogens (tertiary/aromatic N) is 2. The van der Waals surface area contributed by atoms with E-state index in [1.807, 2.05) is 38.1 Å². The summed E-state index contributed by atoms with van der Waals surface area (Å²) >= 11 is 1.38. The summed E-state index contributed by atoms with van der Waals surface area (Å²) < 4.78 is 1.75. The fraction of sp³-hybridized carbons (Fsp3) is 0.571. The van der Waals surface area contributed by atoms with Crippen molar-refractivity contribution < 1.29 is 4.79 Å². The van der Waals surface area contributed by atoms with Crippen molar-refractivity contribution >= 4 is 28.6 Å². The van der Waals surface area contributed by atoms with Gasteiger partial charge in [0.2, 0.25) is 5.91 Å². The zero-order chi connectivity index (χ0) is 19.4. The second-order valence-electron chi connectivity index (χ2n) is 7.45. The molecule has 1 aliphatic rings. The smallest absolute Gasteiger partial charge is 0.262 e. The Balaban J connectivity index is 1.86. The standard InChI is InChI=1S/C21H29N3O2S/c1-4-14(2)24-20(26)17-12-8-9-13-18(17)23-21(24)27-15(3)19(25)22-16-10-6-5-7-11-16/h8-9,12-16H,4-7,10-11H2,1-3H3,(H,22,25)/t14-,15+/m1/s1. The van der Waals surface area contributed by atoms with Gasteiger partial charge < -0.3 is 5.32 Å². The number of fused-ring (bicyclic) bond motifs is 1. The van der Waals surface area contributed by atoms with Gasteiger partial charge in [0.1, 0.15) is 0 Å². The maximum atomic E-state index is 13.0. The molecule has 3 rings (SSSR count). The molecule has 1 heterocycles. The average molecular weight is 388 g/mol. The van der Waals surface area contributed by atoms with E-state index in [9.17, 15) is 9.59 Å². The number of amides is 1. The van der Waals surface area contributed by atoms with Gasteiger partial charge in [-0.05, 0) is 45.2 Å². The third kappa shape index (κ3) is 4.54. The maximum absolute atomic E-state index is 13.0. The number of para-hydroxylation sites is 1. The van der Waals surface area contributed by atoms with Gasteiger partial charge in [-0.15, -0.1) is 0 Å². The van der Waals surface area contributed by atoms with Gasteiger partial charge in [-0.1, -0.05) is 50.1 Å². The minimum Gasteiger partial charge on any atom is -0.352 e. The number of hydrogen-bond acceptors (Lipinski definition) is 4. The summed E-state index contributed by atoms with van der Waals surface area (Å²) in [6, 6.07) is 7.74. The minimum absolute atomic E-state index is 0.0302. The summed E-state index contributed by atoms with van der Waals surface area (Å²) in [6.07, 6.45) is 6.59. The first kappa shape index (κ1) is 19.9. The predicted molar refractivity (Wildman–Crippen MR) is 111 cm³/mol. The minimum atomic E-state index is -0.296. The molecule has 0 aliphatic heterocycles. The number of nitrogens with one attached hydrogen (secondary N) is 1. The van der Waals surface area contributed by atoms with Crippen LogP contribution in [0.1, 0.15) is 65.3 Å². The van der Waals surface area contributed by atoms with Crippen LogP contribution in [0.2, 0.25) is 0 Å². The summed E-state index contributed by atoms with van der Waals surface area (Å²) in [4.78, 5) is 30.4. The molecular weight excluding hydrogens is 358 g/mol. The Kier molecular flexibility index (Phi) is 6.58. The van der Waals surface area contributed by atoms with E-state index in [0.717, 1.165) is 19.3 Å². The molecule has 1 aromatic heterocycles. The molecule has 2 aromatic rings. The zero-order valence-corrected chi connectivity index (χ0v) is 17.2. The van der Waals surface area contributed by atoms with Gasteiger partial charge in [-0.2, -0.15) is 0 Å². The molecule has 0 radical (unpaired) electrons. The first-order chi connectivity index (χ1) is 13.0. The van der Waals surface area contributed by atoms with Crippen LogP contribution in [-0.4, -0.2) is 26.8 Å². The van der Waals surface area contributed by atoms with E-state index in [0.29, 0.717) is 16.1 Å². The molecule has 1 aliphatic carbocycles. The molecule has 6 heteroatoms. The highest BCUT2D eigenvalue weighted by Crippen LogP contribution is 2.26. The van der Waals surface area contributed by atoms with Crippen molar-refractivity contribution in [2.75, 3.05) is 0 Å². The number of rotatable bonds is 6. The lowest BCUT2D eigenvalue weighted by Crippen LogP contribution is -2.40. The molecule has 1 amide bonds. The summed E-state index contributed by atoms with van der Waals surface area (Å²) in [5, 5.41) is 4.13. The number of benzene rings is 1. The Hall–Kier alpha value is -1.82. The Morgan fingerprint density at radius 3 is 2.67 bits per heavy atom. The fourth-order valence-corrected chi connectivity index (χ4v) is 4.58. The predicted octanol–water partition coefficient (Wildman–Crippen LogP) is 4.30. The summed E-state index contributed by atoms with van der Waals surface area (Å²) in [5.74, 6) is 0.0324. The molecule has 1 fully saturated rings. The third-order valence-electron chi connectivity index (χ3n) is 5.41. The number of aromatic nitrogens is 2. The molecule has 1 saturated carbocycles. The van der Waals surface area contributed by atoms with Crippen molar-refractivity contribution in [2.24, 2.45) is 0 Å². The van der Waals surface area contributed by atoms with Crippen molar-refractivity contribution in [1.29, 1.82) is 0 Å². The van der Waals surface area contributed by atoms with E-state index in [2.05, 4.69) is 12.2 Å². The molecule has 146 valence electrons. The fourth-order valence-electron chi connectivity index (χ4n) is 3.56. The van der Waals surface area contributed by atoms with Crippen LogP contribution in [-0.2, 0) is 4.79 Å². The molecule has 0 bridgehead atoms. The number of carbonyl (C=O) groups is 1. The molecule has 0 saturated heterocycles. The van der Waals surface area contributed by atoms with Crippen LogP contribution in [0.5, 0.6) is 0 Å².